The normalized spacial score (nSPS) is 18.7. The molecule has 0 bridgehead atoms. The lowest BCUT2D eigenvalue weighted by Crippen LogP contribution is -2.57. The van der Waals surface area contributed by atoms with Crippen molar-refractivity contribution in [1.82, 2.24) is 9.21 Å². The molecule has 162 valence electrons. The molecule has 0 radical (unpaired) electrons. The van der Waals surface area contributed by atoms with Crippen molar-refractivity contribution >= 4 is 21.8 Å². The number of ether oxygens (including phenoxy) is 1. The van der Waals surface area contributed by atoms with Crippen LogP contribution in [-0.2, 0) is 14.8 Å². The Kier molecular flexibility index (Phi) is 6.89. The molecule has 2 rings (SSSR count). The average molecular weight is 428 g/mol. The number of nitrogens with zero attached hydrogens (tertiary/aromatic N) is 3. The van der Waals surface area contributed by atoms with E-state index in [1.165, 1.54) is 28.6 Å². The van der Waals surface area contributed by atoms with Gasteiger partial charge in [0.1, 0.15) is 5.60 Å². The van der Waals surface area contributed by atoms with Crippen LogP contribution in [0.1, 0.15) is 41.0 Å². The molecule has 1 heterocycles. The predicted octanol–water partition coefficient (Wildman–Crippen LogP) is 3.25. The third-order valence-corrected chi connectivity index (χ3v) is 6.44. The zero-order chi connectivity index (χ0) is 22.0. The number of nitro groups is 1. The standard InChI is InChI=1S/C19H29N3O6S/c1-14(2)12-16-13-20(18(23)28-19(3,4)5)10-11-21(16)29(26,27)17-8-6-15(7-9-17)22(24)25/h6-9,14,16H,10-13H2,1-5H3/t16-/m1/s1. The Bertz CT molecular complexity index is 846. The Morgan fingerprint density at radius 2 is 1.83 bits per heavy atom. The first-order valence-electron chi connectivity index (χ1n) is 9.55. The summed E-state index contributed by atoms with van der Waals surface area (Å²) in [5, 5.41) is 10.8. The number of hydrogen-bond acceptors (Lipinski definition) is 6. The van der Waals surface area contributed by atoms with E-state index in [-0.39, 0.29) is 36.1 Å². The van der Waals surface area contributed by atoms with Gasteiger partial charge in [0.25, 0.3) is 5.69 Å². The predicted molar refractivity (Wildman–Crippen MR) is 108 cm³/mol. The summed E-state index contributed by atoms with van der Waals surface area (Å²) in [7, 11) is -3.85. The molecule has 1 aromatic carbocycles. The molecular formula is C19H29N3O6S. The minimum Gasteiger partial charge on any atom is -0.444 e. The van der Waals surface area contributed by atoms with Crippen LogP contribution < -0.4 is 0 Å². The van der Waals surface area contributed by atoms with Crippen molar-refractivity contribution in [3.8, 4) is 0 Å². The summed E-state index contributed by atoms with van der Waals surface area (Å²) >= 11 is 0. The number of hydrogen-bond donors (Lipinski definition) is 0. The van der Waals surface area contributed by atoms with E-state index in [4.69, 9.17) is 4.74 Å². The van der Waals surface area contributed by atoms with Crippen LogP contribution in [0.4, 0.5) is 10.5 Å². The van der Waals surface area contributed by atoms with E-state index in [0.29, 0.717) is 6.42 Å². The summed E-state index contributed by atoms with van der Waals surface area (Å²) in [4.78, 5) is 24.2. The van der Waals surface area contributed by atoms with Crippen LogP contribution in [0.25, 0.3) is 0 Å². The van der Waals surface area contributed by atoms with Crippen LogP contribution in [0, 0.1) is 16.0 Å². The first kappa shape index (κ1) is 23.1. The summed E-state index contributed by atoms with van der Waals surface area (Å²) in [6, 6.07) is 4.46. The van der Waals surface area contributed by atoms with Crippen molar-refractivity contribution in [2.24, 2.45) is 5.92 Å². The quantitative estimate of drug-likeness (QED) is 0.527. The van der Waals surface area contributed by atoms with E-state index in [2.05, 4.69) is 0 Å². The molecule has 1 aliphatic heterocycles. The zero-order valence-electron chi connectivity index (χ0n) is 17.5. The molecule has 0 unspecified atom stereocenters. The number of carbonyl (C=O) groups excluding carboxylic acids is 1. The van der Waals surface area contributed by atoms with E-state index < -0.39 is 32.7 Å². The molecule has 9 nitrogen and oxygen atoms in total. The minimum atomic E-state index is -3.85. The van der Waals surface area contributed by atoms with Crippen molar-refractivity contribution in [2.75, 3.05) is 19.6 Å². The van der Waals surface area contributed by atoms with Crippen molar-refractivity contribution < 1.29 is 22.9 Å². The lowest BCUT2D eigenvalue weighted by Gasteiger charge is -2.41. The van der Waals surface area contributed by atoms with Gasteiger partial charge in [-0.25, -0.2) is 13.2 Å². The fourth-order valence-electron chi connectivity index (χ4n) is 3.26. The largest absolute Gasteiger partial charge is 0.444 e. The Labute approximate surface area is 171 Å². The van der Waals surface area contributed by atoms with Crippen molar-refractivity contribution in [3.05, 3.63) is 34.4 Å². The number of amides is 1. The van der Waals surface area contributed by atoms with Gasteiger partial charge < -0.3 is 9.64 Å². The lowest BCUT2D eigenvalue weighted by molar-refractivity contribution is -0.384. The Morgan fingerprint density at radius 1 is 1.24 bits per heavy atom. The van der Waals surface area contributed by atoms with Crippen molar-refractivity contribution in [1.29, 1.82) is 0 Å². The molecule has 0 N–H and O–H groups in total. The molecule has 0 spiro atoms. The second-order valence-corrected chi connectivity index (χ2v) is 10.5. The Hall–Kier alpha value is -2.20. The third kappa shape index (κ3) is 5.89. The van der Waals surface area contributed by atoms with Crippen molar-refractivity contribution in [2.45, 2.75) is 57.6 Å². The molecule has 29 heavy (non-hydrogen) atoms. The van der Waals surface area contributed by atoms with Gasteiger partial charge in [0.15, 0.2) is 0 Å². The molecule has 1 aromatic rings. The van der Waals surface area contributed by atoms with E-state index >= 15 is 0 Å². The number of benzene rings is 1. The molecule has 1 amide bonds. The van der Waals surface area contributed by atoms with Crippen molar-refractivity contribution in [3.63, 3.8) is 0 Å². The van der Waals surface area contributed by atoms with Gasteiger partial charge in [-0.3, -0.25) is 10.1 Å². The fraction of sp³-hybridized carbons (Fsp3) is 0.632. The van der Waals surface area contributed by atoms with Gasteiger partial charge in [-0.15, -0.1) is 0 Å². The maximum atomic E-state index is 13.2. The van der Waals surface area contributed by atoms with Crippen LogP contribution in [0.5, 0.6) is 0 Å². The monoisotopic (exact) mass is 427 g/mol. The molecule has 1 saturated heterocycles. The first-order valence-corrected chi connectivity index (χ1v) is 11.0. The number of rotatable bonds is 5. The van der Waals surface area contributed by atoms with Crippen LogP contribution in [-0.4, -0.2) is 59.9 Å². The Morgan fingerprint density at radius 3 is 2.31 bits per heavy atom. The summed E-state index contributed by atoms with van der Waals surface area (Å²) in [5.41, 5.74) is -0.801. The van der Waals surface area contributed by atoms with E-state index in [9.17, 15) is 23.3 Å². The smallest absolute Gasteiger partial charge is 0.410 e. The van der Waals surface area contributed by atoms with Crippen LogP contribution in [0.15, 0.2) is 29.2 Å². The van der Waals surface area contributed by atoms with Crippen LogP contribution in [0.3, 0.4) is 0 Å². The molecule has 1 aliphatic rings. The number of sulfonamides is 1. The molecule has 0 saturated carbocycles. The molecule has 10 heteroatoms. The molecule has 0 aromatic heterocycles. The van der Waals surface area contributed by atoms with Gasteiger partial charge in [-0.1, -0.05) is 13.8 Å². The SMILES string of the molecule is CC(C)C[C@@H]1CN(C(=O)OC(C)(C)C)CCN1S(=O)(=O)c1ccc([N+](=O)[O-])cc1. The van der Waals surface area contributed by atoms with E-state index in [0.717, 1.165) is 0 Å². The molecule has 0 aliphatic carbocycles. The summed E-state index contributed by atoms with van der Waals surface area (Å²) in [6.07, 6.45) is 0.115. The van der Waals surface area contributed by atoms with Gasteiger partial charge in [-0.05, 0) is 45.2 Å². The average Bonchev–Trinajstić information content (AvgIpc) is 2.59. The van der Waals surface area contributed by atoms with Gasteiger partial charge in [0.05, 0.1) is 9.82 Å². The molecule has 1 atom stereocenters. The van der Waals surface area contributed by atoms with Gasteiger partial charge in [0, 0.05) is 37.8 Å². The highest BCUT2D eigenvalue weighted by Gasteiger charge is 2.38. The lowest BCUT2D eigenvalue weighted by atomic mass is 10.0. The number of nitro benzene ring substituents is 1. The van der Waals surface area contributed by atoms with Gasteiger partial charge in [0.2, 0.25) is 10.0 Å². The number of non-ortho nitro benzene ring substituents is 1. The highest BCUT2D eigenvalue weighted by molar-refractivity contribution is 7.89. The van der Waals surface area contributed by atoms with Crippen LogP contribution >= 0.6 is 0 Å². The highest BCUT2D eigenvalue weighted by atomic mass is 32.2. The highest BCUT2D eigenvalue weighted by Crippen LogP contribution is 2.27. The van der Waals surface area contributed by atoms with Crippen LogP contribution in [0.2, 0.25) is 0 Å². The van der Waals surface area contributed by atoms with E-state index in [1.54, 1.807) is 25.7 Å². The maximum Gasteiger partial charge on any atom is 0.410 e. The second-order valence-electron chi connectivity index (χ2n) is 8.58. The summed E-state index contributed by atoms with van der Waals surface area (Å²) in [6.45, 7) is 9.92. The summed E-state index contributed by atoms with van der Waals surface area (Å²) in [5.74, 6) is 0.216. The topological polar surface area (TPSA) is 110 Å². The summed E-state index contributed by atoms with van der Waals surface area (Å²) < 4.78 is 33.2. The van der Waals surface area contributed by atoms with Gasteiger partial charge in [-0.2, -0.15) is 4.31 Å². The fourth-order valence-corrected chi connectivity index (χ4v) is 4.88. The number of piperazine rings is 1. The second kappa shape index (κ2) is 8.66. The van der Waals surface area contributed by atoms with Gasteiger partial charge >= 0.3 is 6.09 Å². The maximum absolute atomic E-state index is 13.2. The molecular weight excluding hydrogens is 398 g/mol. The number of carbonyl (C=O) groups is 1. The first-order chi connectivity index (χ1) is 13.3. The minimum absolute atomic E-state index is 0.00238. The molecule has 1 fully saturated rings. The van der Waals surface area contributed by atoms with E-state index in [1.807, 2.05) is 13.8 Å². The Balaban J connectivity index is 2.26. The third-order valence-electron chi connectivity index (χ3n) is 4.48. The zero-order valence-corrected chi connectivity index (χ0v) is 18.3.